The fourth-order valence-electron chi connectivity index (χ4n) is 6.19. The maximum Gasteiger partial charge on any atom is 0.274 e. The summed E-state index contributed by atoms with van der Waals surface area (Å²) in [4.78, 5) is 44.7. The van der Waals surface area contributed by atoms with E-state index in [2.05, 4.69) is 27.3 Å². The number of amides is 1. The lowest BCUT2D eigenvalue weighted by atomic mass is 9.98. The van der Waals surface area contributed by atoms with Crippen LogP contribution in [0.15, 0.2) is 101 Å². The predicted molar refractivity (Wildman–Crippen MR) is 193 cm³/mol. The van der Waals surface area contributed by atoms with E-state index in [0.717, 1.165) is 49.5 Å². The van der Waals surface area contributed by atoms with Gasteiger partial charge < -0.3 is 24.3 Å². The molecule has 6 rings (SSSR count). The summed E-state index contributed by atoms with van der Waals surface area (Å²) in [5, 5.41) is 3.41. The molecular formula is C40H40N4O5. The lowest BCUT2D eigenvalue weighted by molar-refractivity contribution is 0.102. The first-order chi connectivity index (χ1) is 23.8. The second-order valence-corrected chi connectivity index (χ2v) is 12.0. The van der Waals surface area contributed by atoms with E-state index < -0.39 is 0 Å². The zero-order valence-electron chi connectivity index (χ0n) is 28.0. The van der Waals surface area contributed by atoms with Crippen LogP contribution in [0.1, 0.15) is 45.1 Å². The number of aromatic nitrogens is 2. The van der Waals surface area contributed by atoms with E-state index in [9.17, 15) is 14.4 Å². The van der Waals surface area contributed by atoms with Crippen molar-refractivity contribution in [1.29, 1.82) is 0 Å². The molecule has 250 valence electrons. The second-order valence-electron chi connectivity index (χ2n) is 12.0. The van der Waals surface area contributed by atoms with E-state index in [1.54, 1.807) is 50.6 Å². The van der Waals surface area contributed by atoms with Gasteiger partial charge in [0.15, 0.2) is 11.5 Å². The molecule has 0 saturated heterocycles. The van der Waals surface area contributed by atoms with Crippen LogP contribution in [0.4, 0.5) is 5.69 Å². The van der Waals surface area contributed by atoms with Gasteiger partial charge in [0, 0.05) is 37.4 Å². The molecule has 0 unspecified atom stereocenters. The first-order valence-electron chi connectivity index (χ1n) is 16.4. The highest BCUT2D eigenvalue weighted by atomic mass is 16.5. The van der Waals surface area contributed by atoms with Crippen LogP contribution >= 0.6 is 0 Å². The lowest BCUT2D eigenvalue weighted by Gasteiger charge is -2.29. The van der Waals surface area contributed by atoms with Crippen molar-refractivity contribution in [2.75, 3.05) is 32.6 Å². The number of rotatable bonds is 10. The Kier molecular flexibility index (Phi) is 10.2. The first-order valence-corrected chi connectivity index (χ1v) is 16.4. The van der Waals surface area contributed by atoms with Gasteiger partial charge in [-0.2, -0.15) is 0 Å². The Morgan fingerprint density at radius 1 is 0.857 bits per heavy atom. The summed E-state index contributed by atoms with van der Waals surface area (Å²) >= 11 is 0. The number of fused-ring (bicyclic) bond motifs is 1. The van der Waals surface area contributed by atoms with Gasteiger partial charge >= 0.3 is 0 Å². The predicted octanol–water partition coefficient (Wildman–Crippen LogP) is 4.08. The molecule has 1 aromatic heterocycles. The van der Waals surface area contributed by atoms with Gasteiger partial charge in [-0.05, 0) is 96.1 Å². The number of benzene rings is 4. The summed E-state index contributed by atoms with van der Waals surface area (Å²) < 4.78 is 12.4. The summed E-state index contributed by atoms with van der Waals surface area (Å²) in [6, 6.07) is 28.4. The zero-order chi connectivity index (χ0) is 34.3. The van der Waals surface area contributed by atoms with Gasteiger partial charge in [0.05, 0.1) is 14.2 Å². The summed E-state index contributed by atoms with van der Waals surface area (Å²) in [5.41, 5.74) is 5.66. The number of hydrogen-bond acceptors (Lipinski definition) is 6. The van der Waals surface area contributed by atoms with Crippen molar-refractivity contribution in [3.05, 3.63) is 156 Å². The third kappa shape index (κ3) is 7.74. The van der Waals surface area contributed by atoms with Crippen molar-refractivity contribution in [3.63, 3.8) is 0 Å². The highest BCUT2D eigenvalue weighted by Crippen LogP contribution is 2.33. The number of H-pyrrole nitrogens is 1. The normalized spacial score (nSPS) is 13.6. The minimum atomic E-state index is -0.364. The topological polar surface area (TPSA) is 106 Å². The van der Waals surface area contributed by atoms with Gasteiger partial charge in [-0.15, -0.1) is 0 Å². The highest BCUT2D eigenvalue weighted by Gasteiger charge is 2.19. The Bertz CT molecular complexity index is 2210. The monoisotopic (exact) mass is 656 g/mol. The Hall–Kier alpha value is -5.67. The fourth-order valence-corrected chi connectivity index (χ4v) is 6.19. The van der Waals surface area contributed by atoms with Crippen LogP contribution in [0.3, 0.4) is 0 Å². The van der Waals surface area contributed by atoms with Crippen molar-refractivity contribution in [2.24, 2.45) is 0 Å². The average molecular weight is 657 g/mol. The molecule has 1 amide bonds. The van der Waals surface area contributed by atoms with Crippen molar-refractivity contribution in [1.82, 2.24) is 14.5 Å². The minimum Gasteiger partial charge on any atom is -0.493 e. The third-order valence-corrected chi connectivity index (χ3v) is 8.85. The van der Waals surface area contributed by atoms with Gasteiger partial charge in [0.1, 0.15) is 10.7 Å². The largest absolute Gasteiger partial charge is 0.493 e. The van der Waals surface area contributed by atoms with Crippen molar-refractivity contribution in [2.45, 2.75) is 32.9 Å². The maximum absolute atomic E-state index is 13.3. The number of nitrogens with zero attached hydrogens (tertiary/aromatic N) is 2. The number of anilines is 1. The molecule has 4 aromatic carbocycles. The lowest BCUT2D eigenvalue weighted by Crippen LogP contribution is -2.53. The number of methoxy groups -OCH3 is 2. The highest BCUT2D eigenvalue weighted by molar-refractivity contribution is 6.04. The van der Waals surface area contributed by atoms with Gasteiger partial charge in [-0.25, -0.2) is 0 Å². The molecule has 1 aliphatic heterocycles. The summed E-state index contributed by atoms with van der Waals surface area (Å²) in [6.07, 6.45) is 5.16. The number of aromatic amines is 1. The molecule has 0 bridgehead atoms. The molecule has 9 nitrogen and oxygen atoms in total. The zero-order valence-corrected chi connectivity index (χ0v) is 28.0. The van der Waals surface area contributed by atoms with Crippen molar-refractivity contribution in [3.8, 4) is 11.5 Å². The van der Waals surface area contributed by atoms with E-state index in [4.69, 9.17) is 9.47 Å². The van der Waals surface area contributed by atoms with E-state index in [1.165, 1.54) is 21.3 Å². The Balaban J connectivity index is 1.11. The molecule has 0 aliphatic carbocycles. The average Bonchev–Trinajstić information content (AvgIpc) is 3.13. The summed E-state index contributed by atoms with van der Waals surface area (Å²) in [5.74, 6) is 1.26. The molecule has 2 N–H and O–H groups in total. The van der Waals surface area contributed by atoms with Crippen molar-refractivity contribution >= 4 is 23.7 Å². The van der Waals surface area contributed by atoms with Gasteiger partial charge in [-0.1, -0.05) is 54.6 Å². The van der Waals surface area contributed by atoms with E-state index in [1.807, 2.05) is 61.5 Å². The molecule has 9 heteroatoms. The van der Waals surface area contributed by atoms with E-state index >= 15 is 0 Å². The van der Waals surface area contributed by atoms with Crippen LogP contribution in [0, 0.1) is 0 Å². The smallest absolute Gasteiger partial charge is 0.274 e. The molecule has 0 fully saturated rings. The second kappa shape index (κ2) is 15.0. The number of carbonyl (C=O) groups excluding carboxylic acids is 1. The Morgan fingerprint density at radius 2 is 1.57 bits per heavy atom. The number of hydrogen-bond donors (Lipinski definition) is 2. The molecule has 49 heavy (non-hydrogen) atoms. The van der Waals surface area contributed by atoms with E-state index in [0.29, 0.717) is 23.4 Å². The Labute approximate surface area is 284 Å². The molecular weight excluding hydrogens is 616 g/mol. The molecule has 2 heterocycles. The fraction of sp³-hybridized carbons (Fsp3) is 0.225. The molecule has 1 aliphatic rings. The van der Waals surface area contributed by atoms with Gasteiger partial charge in [0.2, 0.25) is 0 Å². The van der Waals surface area contributed by atoms with Crippen LogP contribution < -0.4 is 36.6 Å². The maximum atomic E-state index is 13.3. The van der Waals surface area contributed by atoms with Crippen LogP contribution in [-0.4, -0.2) is 47.7 Å². The Morgan fingerprint density at radius 3 is 2.29 bits per heavy atom. The number of carbonyl (C=O) groups is 1. The molecule has 0 radical (unpaired) electrons. The van der Waals surface area contributed by atoms with Crippen LogP contribution in [0.25, 0.3) is 12.2 Å². The van der Waals surface area contributed by atoms with Gasteiger partial charge in [-0.3, -0.25) is 19.3 Å². The quantitative estimate of drug-likeness (QED) is 0.235. The van der Waals surface area contributed by atoms with Gasteiger partial charge in [0.25, 0.3) is 17.0 Å². The molecule has 5 aromatic rings. The van der Waals surface area contributed by atoms with Crippen LogP contribution in [0.5, 0.6) is 11.5 Å². The molecule has 0 atom stereocenters. The number of ether oxygens (including phenoxy) is 2. The number of nitrogens with one attached hydrogen (secondary N) is 2. The standard InChI is InChI=1S/C40H40N4O5/c1-4-44-35(23-28-9-6-5-7-10-28)39(46)42-34(40(44)47)22-29-11-8-12-31(21-29)38(45)41-33-15-13-27(14-16-33)17-19-43-20-18-30-24-36(48-2)37(49-3)25-32(30)26-43/h5-16,21-25H,4,17-20,26H2,1-3H3,(H,41,45)(H,42,46). The SMILES string of the molecule is CCn1c(=O)c(=Cc2cccc(C(=O)Nc3ccc(CCN4CCc5cc(OC)c(OC)cc5C4)cc3)c2)[nH]c(=O)c1=Cc1ccccc1. The summed E-state index contributed by atoms with van der Waals surface area (Å²) in [7, 11) is 3.33. The van der Waals surface area contributed by atoms with Crippen LogP contribution in [0.2, 0.25) is 0 Å². The minimum absolute atomic E-state index is 0.152. The van der Waals surface area contributed by atoms with Crippen molar-refractivity contribution < 1.29 is 14.3 Å². The molecule has 0 saturated carbocycles. The summed E-state index contributed by atoms with van der Waals surface area (Å²) in [6.45, 7) is 4.93. The van der Waals surface area contributed by atoms with E-state index in [-0.39, 0.29) is 27.7 Å². The van der Waals surface area contributed by atoms with Crippen LogP contribution in [-0.2, 0) is 25.9 Å². The third-order valence-electron chi connectivity index (χ3n) is 8.85. The first kappa shape index (κ1) is 33.2. The molecule has 0 spiro atoms.